The number of aromatic amines is 1. The first-order valence-corrected chi connectivity index (χ1v) is 12.7. The zero-order valence-corrected chi connectivity index (χ0v) is 20.1. The molecule has 9 nitrogen and oxygen atoms in total. The Morgan fingerprint density at radius 1 is 1.11 bits per heavy atom. The van der Waals surface area contributed by atoms with Gasteiger partial charge >= 0.3 is 0 Å². The molecule has 2 atom stereocenters. The maximum atomic E-state index is 15.3. The zero-order chi connectivity index (χ0) is 24.5. The summed E-state index contributed by atoms with van der Waals surface area (Å²) < 4.78 is 32.9. The maximum absolute atomic E-state index is 15.3. The molecule has 0 spiro atoms. The highest BCUT2D eigenvalue weighted by atomic mass is 19.1. The third-order valence-corrected chi connectivity index (χ3v) is 7.83. The van der Waals surface area contributed by atoms with Gasteiger partial charge in [0.05, 0.1) is 36.9 Å². The van der Waals surface area contributed by atoms with Crippen molar-refractivity contribution in [2.24, 2.45) is 0 Å². The van der Waals surface area contributed by atoms with Crippen LogP contribution in [0, 0.1) is 5.82 Å². The van der Waals surface area contributed by atoms with Crippen LogP contribution in [0.3, 0.4) is 0 Å². The van der Waals surface area contributed by atoms with E-state index in [-0.39, 0.29) is 5.82 Å². The van der Waals surface area contributed by atoms with Crippen LogP contribution < -0.4 is 4.90 Å². The predicted octanol–water partition coefficient (Wildman–Crippen LogP) is 3.87. The van der Waals surface area contributed by atoms with E-state index in [0.717, 1.165) is 48.0 Å². The van der Waals surface area contributed by atoms with Crippen molar-refractivity contribution >= 4 is 38.9 Å². The first kappa shape index (κ1) is 21.5. The lowest BCUT2D eigenvalue weighted by Crippen LogP contribution is -2.37. The minimum absolute atomic E-state index is 0.332. The minimum atomic E-state index is -0.364. The van der Waals surface area contributed by atoms with Crippen molar-refractivity contribution in [2.45, 2.75) is 25.1 Å². The van der Waals surface area contributed by atoms with E-state index in [4.69, 9.17) is 23.9 Å². The van der Waals surface area contributed by atoms with Gasteiger partial charge in [-0.1, -0.05) is 0 Å². The van der Waals surface area contributed by atoms with Crippen molar-refractivity contribution < 1.29 is 18.3 Å². The van der Waals surface area contributed by atoms with Gasteiger partial charge in [0.15, 0.2) is 17.2 Å². The van der Waals surface area contributed by atoms with Gasteiger partial charge in [-0.15, -0.1) is 0 Å². The molecule has 5 aromatic rings. The summed E-state index contributed by atoms with van der Waals surface area (Å²) in [6.45, 7) is 5.05. The summed E-state index contributed by atoms with van der Waals surface area (Å²) in [5.41, 5.74) is 4.02. The summed E-state index contributed by atoms with van der Waals surface area (Å²) in [5, 5.41) is 1.55. The van der Waals surface area contributed by atoms with Gasteiger partial charge in [0.2, 0.25) is 5.71 Å². The van der Waals surface area contributed by atoms with Gasteiger partial charge in [0.1, 0.15) is 11.3 Å². The summed E-state index contributed by atoms with van der Waals surface area (Å²) >= 11 is 0. The highest BCUT2D eigenvalue weighted by Crippen LogP contribution is 2.37. The molecular formula is C27H25FN6O3. The lowest BCUT2D eigenvalue weighted by atomic mass is 10.1. The van der Waals surface area contributed by atoms with Crippen LogP contribution in [0.5, 0.6) is 0 Å². The minimum Gasteiger partial charge on any atom is -0.432 e. The van der Waals surface area contributed by atoms with Crippen LogP contribution in [-0.2, 0) is 16.0 Å². The zero-order valence-electron chi connectivity index (χ0n) is 20.1. The first-order chi connectivity index (χ1) is 18.2. The molecular weight excluding hydrogens is 475 g/mol. The van der Waals surface area contributed by atoms with Gasteiger partial charge in [-0.05, 0) is 36.2 Å². The number of halogens is 1. The summed E-state index contributed by atoms with van der Waals surface area (Å²) in [4.78, 5) is 22.2. The first-order valence-electron chi connectivity index (χ1n) is 12.7. The Bertz CT molecular complexity index is 1660. The molecule has 1 unspecified atom stereocenters. The molecule has 0 radical (unpaired) electrons. The van der Waals surface area contributed by atoms with Gasteiger partial charge in [-0.2, -0.15) is 0 Å². The normalized spacial score (nSPS) is 22.2. The van der Waals surface area contributed by atoms with E-state index in [1.165, 1.54) is 6.07 Å². The van der Waals surface area contributed by atoms with Crippen LogP contribution in [0.2, 0.25) is 0 Å². The summed E-state index contributed by atoms with van der Waals surface area (Å²) in [7, 11) is 0. The van der Waals surface area contributed by atoms with Crippen molar-refractivity contribution in [3.05, 3.63) is 48.0 Å². The average Bonchev–Trinajstić information content (AvgIpc) is 3.72. The van der Waals surface area contributed by atoms with E-state index in [0.29, 0.717) is 72.5 Å². The lowest BCUT2D eigenvalue weighted by molar-refractivity contribution is 0.0273. The maximum Gasteiger partial charge on any atom is 0.229 e. The average molecular weight is 501 g/mol. The van der Waals surface area contributed by atoms with Crippen LogP contribution in [-0.4, -0.2) is 76.4 Å². The van der Waals surface area contributed by atoms with E-state index in [2.05, 4.69) is 25.8 Å². The summed E-state index contributed by atoms with van der Waals surface area (Å²) in [6, 6.07) is 7.62. The van der Waals surface area contributed by atoms with Crippen molar-refractivity contribution in [3.8, 4) is 11.4 Å². The molecule has 10 heteroatoms. The molecule has 8 rings (SSSR count). The number of hydrogen-bond donors (Lipinski definition) is 1. The standard InChI is InChI=1S/C27H25FN6O3/c28-20-1-2-21-18(3-4-29-21)22(20)25-31-23-19-9-15(12-34-13-17-10-16(34)14-36-17)11-30-27(19)37-24(23)26(32-25)33-5-7-35-8-6-33/h1-4,9,11,16-17,29H,5-8,10,12-14H2/t16-,17?/m0/s1. The smallest absolute Gasteiger partial charge is 0.229 e. The van der Waals surface area contributed by atoms with Crippen LogP contribution in [0.15, 0.2) is 41.1 Å². The van der Waals surface area contributed by atoms with E-state index in [1.54, 1.807) is 12.3 Å². The van der Waals surface area contributed by atoms with Crippen molar-refractivity contribution in [2.75, 3.05) is 44.4 Å². The number of nitrogens with one attached hydrogen (secondary N) is 1. The van der Waals surface area contributed by atoms with Crippen molar-refractivity contribution in [1.82, 2.24) is 24.8 Å². The van der Waals surface area contributed by atoms with Crippen LogP contribution in [0.1, 0.15) is 12.0 Å². The third kappa shape index (κ3) is 3.43. The van der Waals surface area contributed by atoms with E-state index in [9.17, 15) is 0 Å². The van der Waals surface area contributed by atoms with Gasteiger partial charge in [0, 0.05) is 55.5 Å². The Morgan fingerprint density at radius 2 is 2.03 bits per heavy atom. The topological polar surface area (TPSA) is 92.5 Å². The number of aromatic nitrogens is 4. The molecule has 0 saturated carbocycles. The van der Waals surface area contributed by atoms with Gasteiger partial charge in [-0.3, -0.25) is 4.90 Å². The van der Waals surface area contributed by atoms with Crippen LogP contribution >= 0.6 is 0 Å². The highest BCUT2D eigenvalue weighted by molar-refractivity contribution is 6.06. The Labute approximate surface area is 211 Å². The fraction of sp³-hybridized carbons (Fsp3) is 0.370. The molecule has 1 aromatic carbocycles. The Hall–Kier alpha value is -3.60. The Kier molecular flexibility index (Phi) is 4.76. The SMILES string of the molecule is Fc1ccc2[nH]ccc2c1-c1nc(N2CCOCC2)c2oc3ncc(CN4CC5C[C@H]4CO5)cc3c2n1. The number of H-pyrrole nitrogens is 1. The van der Waals surface area contributed by atoms with E-state index >= 15 is 4.39 Å². The molecule has 0 amide bonds. The van der Waals surface area contributed by atoms with Gasteiger partial charge in [-0.25, -0.2) is 19.3 Å². The summed E-state index contributed by atoms with van der Waals surface area (Å²) in [5.74, 6) is 0.611. The third-order valence-electron chi connectivity index (χ3n) is 7.83. The number of hydrogen-bond acceptors (Lipinski definition) is 8. The van der Waals surface area contributed by atoms with Crippen molar-refractivity contribution in [1.29, 1.82) is 0 Å². The molecule has 0 aliphatic carbocycles. The Morgan fingerprint density at radius 3 is 2.86 bits per heavy atom. The predicted molar refractivity (Wildman–Crippen MR) is 136 cm³/mol. The molecule has 3 aliphatic heterocycles. The number of anilines is 1. The lowest BCUT2D eigenvalue weighted by Gasteiger charge is -2.27. The summed E-state index contributed by atoms with van der Waals surface area (Å²) in [6.07, 6.45) is 5.11. The second kappa shape index (κ2) is 8.20. The second-order valence-electron chi connectivity index (χ2n) is 10.1. The number of nitrogens with zero attached hydrogens (tertiary/aromatic N) is 5. The van der Waals surface area contributed by atoms with E-state index < -0.39 is 0 Å². The number of benzene rings is 1. The molecule has 3 aliphatic rings. The molecule has 1 N–H and O–H groups in total. The van der Waals surface area contributed by atoms with Gasteiger partial charge < -0.3 is 23.8 Å². The van der Waals surface area contributed by atoms with Crippen LogP contribution in [0.4, 0.5) is 10.2 Å². The number of pyridine rings is 1. The second-order valence-corrected chi connectivity index (χ2v) is 10.1. The molecule has 2 bridgehead atoms. The van der Waals surface area contributed by atoms with Crippen molar-refractivity contribution in [3.63, 3.8) is 0 Å². The number of rotatable bonds is 4. The molecule has 37 heavy (non-hydrogen) atoms. The molecule has 188 valence electrons. The molecule has 3 saturated heterocycles. The number of fused-ring (bicyclic) bond motifs is 6. The quantitative estimate of drug-likeness (QED) is 0.398. The van der Waals surface area contributed by atoms with E-state index in [1.807, 2.05) is 12.3 Å². The molecule has 7 heterocycles. The number of morpholine rings is 2. The number of likely N-dealkylation sites (tertiary alicyclic amines) is 1. The van der Waals surface area contributed by atoms with Gasteiger partial charge in [0.25, 0.3) is 0 Å². The molecule has 4 aromatic heterocycles. The fourth-order valence-corrected chi connectivity index (χ4v) is 5.99. The number of ether oxygens (including phenoxy) is 2. The van der Waals surface area contributed by atoms with Crippen LogP contribution in [0.25, 0.3) is 44.5 Å². The fourth-order valence-electron chi connectivity index (χ4n) is 5.99. The largest absolute Gasteiger partial charge is 0.432 e. The Balaban J connectivity index is 1.31. The highest BCUT2D eigenvalue weighted by Gasteiger charge is 2.38. The number of furan rings is 1. The molecule has 3 fully saturated rings. The monoisotopic (exact) mass is 500 g/mol.